The van der Waals surface area contributed by atoms with Gasteiger partial charge in [-0.15, -0.1) is 0 Å². The number of pyridine rings is 1. The van der Waals surface area contributed by atoms with Crippen LogP contribution in [0, 0.1) is 0 Å². The molecule has 28 heavy (non-hydrogen) atoms. The quantitative estimate of drug-likeness (QED) is 0.358. The smallest absolute Gasteiger partial charge is 0.0654 e. The predicted octanol–water partition coefficient (Wildman–Crippen LogP) is 4.46. The van der Waals surface area contributed by atoms with Crippen LogP contribution in [0.3, 0.4) is 0 Å². The van der Waals surface area contributed by atoms with E-state index in [1.54, 1.807) is 6.20 Å². The molecule has 0 atom stereocenters. The van der Waals surface area contributed by atoms with E-state index in [9.17, 15) is 0 Å². The lowest BCUT2D eigenvalue weighted by molar-refractivity contribution is 1.05. The lowest BCUT2D eigenvalue weighted by Crippen LogP contribution is -2.23. The van der Waals surface area contributed by atoms with Crippen LogP contribution in [0.4, 0.5) is 0 Å². The highest BCUT2D eigenvalue weighted by molar-refractivity contribution is 7.80. The van der Waals surface area contributed by atoms with Crippen molar-refractivity contribution in [3.05, 3.63) is 121 Å². The first-order chi connectivity index (χ1) is 13.9. The third-order valence-corrected chi connectivity index (χ3v) is 6.95. The maximum atomic E-state index is 4.69. The lowest BCUT2D eigenvalue weighted by atomic mass is 10.2. The van der Waals surface area contributed by atoms with Crippen molar-refractivity contribution in [3.8, 4) is 0 Å². The molecule has 0 saturated carbocycles. The first-order valence-electron chi connectivity index (χ1n) is 9.30. The summed E-state index contributed by atoms with van der Waals surface area (Å²) in [6, 6.07) is 34.1. The Labute approximate surface area is 167 Å². The summed E-state index contributed by atoms with van der Waals surface area (Å²) in [5, 5.41) is 4.01. The zero-order valence-electron chi connectivity index (χ0n) is 15.5. The Morgan fingerprint density at radius 3 is 2.00 bits per heavy atom. The monoisotopic (exact) mass is 380 g/mol. The third kappa shape index (κ3) is 4.42. The van der Waals surface area contributed by atoms with E-state index < -0.39 is 7.92 Å². The van der Waals surface area contributed by atoms with E-state index >= 15 is 0 Å². The van der Waals surface area contributed by atoms with Crippen LogP contribution >= 0.6 is 7.92 Å². The van der Waals surface area contributed by atoms with E-state index in [-0.39, 0.29) is 0 Å². The van der Waals surface area contributed by atoms with Gasteiger partial charge in [-0.25, -0.2) is 0 Å². The average molecular weight is 380 g/mol. The number of hydrogen-bond acceptors (Lipinski definition) is 2. The zero-order chi connectivity index (χ0) is 19.0. The number of aliphatic imine (C=N–C) groups is 1. The van der Waals surface area contributed by atoms with Crippen molar-refractivity contribution in [2.45, 2.75) is 6.54 Å². The fraction of sp³-hybridized carbons (Fsp3) is 0.0400. The van der Waals surface area contributed by atoms with Crippen molar-refractivity contribution in [3.63, 3.8) is 0 Å². The van der Waals surface area contributed by atoms with Crippen LogP contribution in [0.25, 0.3) is 0 Å². The van der Waals surface area contributed by atoms with Crippen molar-refractivity contribution in [2.24, 2.45) is 4.99 Å². The number of rotatable bonds is 6. The van der Waals surface area contributed by atoms with E-state index in [0.29, 0.717) is 6.54 Å². The summed E-state index contributed by atoms with van der Waals surface area (Å²) in [6.45, 7) is 0.636. The molecule has 0 saturated heterocycles. The summed E-state index contributed by atoms with van der Waals surface area (Å²) in [4.78, 5) is 8.85. The summed E-state index contributed by atoms with van der Waals surface area (Å²) >= 11 is 0. The number of aromatic nitrogens is 1. The van der Waals surface area contributed by atoms with Crippen molar-refractivity contribution >= 4 is 30.0 Å². The predicted molar refractivity (Wildman–Crippen MR) is 121 cm³/mol. The van der Waals surface area contributed by atoms with Gasteiger partial charge in [0.15, 0.2) is 0 Å². The number of nitrogens with zero attached hydrogens (tertiary/aromatic N) is 2. The van der Waals surface area contributed by atoms with Crippen LogP contribution in [0.5, 0.6) is 0 Å². The standard InChI is InChI=1S/C25H21N2P/c1-3-12-23(13-4-1)28(24-14-5-2-6-15-24)25-16-8-7-11-22(25)20-27-19-21-10-9-17-26-18-21/h1-18,20H,19H2. The Hall–Kier alpha value is -3.09. The molecule has 4 rings (SSSR count). The molecule has 2 nitrogen and oxygen atoms in total. The van der Waals surface area contributed by atoms with Crippen molar-refractivity contribution in [1.82, 2.24) is 4.98 Å². The molecule has 3 heteroatoms. The molecule has 0 radical (unpaired) electrons. The van der Waals surface area contributed by atoms with Gasteiger partial charge in [-0.2, -0.15) is 0 Å². The van der Waals surface area contributed by atoms with E-state index in [0.717, 1.165) is 5.56 Å². The SMILES string of the molecule is C(=NCc1cccnc1)c1ccccc1P(c1ccccc1)c1ccccc1. The van der Waals surface area contributed by atoms with Gasteiger partial charge < -0.3 is 0 Å². The van der Waals surface area contributed by atoms with Gasteiger partial charge in [0.05, 0.1) is 6.54 Å². The molecule has 0 N–H and O–H groups in total. The molecule has 4 aromatic rings. The van der Waals surface area contributed by atoms with Gasteiger partial charge in [0, 0.05) is 24.2 Å². The molecule has 0 fully saturated rings. The fourth-order valence-electron chi connectivity index (χ4n) is 3.12. The van der Waals surface area contributed by atoms with Crippen LogP contribution in [-0.2, 0) is 6.54 Å². The van der Waals surface area contributed by atoms with E-state index in [1.165, 1.54) is 21.5 Å². The maximum Gasteiger partial charge on any atom is 0.0654 e. The molecule has 0 bridgehead atoms. The Bertz CT molecular complexity index is 992. The Morgan fingerprint density at radius 2 is 1.36 bits per heavy atom. The summed E-state index contributed by atoms with van der Waals surface area (Å²) in [7, 11) is -0.641. The molecular formula is C25H21N2P. The highest BCUT2D eigenvalue weighted by Gasteiger charge is 2.18. The average Bonchev–Trinajstić information content (AvgIpc) is 2.77. The molecule has 1 heterocycles. The van der Waals surface area contributed by atoms with Crippen LogP contribution in [0.1, 0.15) is 11.1 Å². The molecule has 0 unspecified atom stereocenters. The van der Waals surface area contributed by atoms with Gasteiger partial charge in [-0.05, 0) is 35.5 Å². The van der Waals surface area contributed by atoms with Crippen LogP contribution in [-0.4, -0.2) is 11.2 Å². The lowest BCUT2D eigenvalue weighted by Gasteiger charge is -2.21. The Kier molecular flexibility index (Phi) is 6.01. The fourth-order valence-corrected chi connectivity index (χ4v) is 5.54. The molecule has 136 valence electrons. The highest BCUT2D eigenvalue weighted by atomic mass is 31.1. The van der Waals surface area contributed by atoms with E-state index in [4.69, 9.17) is 0 Å². The second kappa shape index (κ2) is 9.21. The van der Waals surface area contributed by atoms with Crippen molar-refractivity contribution in [2.75, 3.05) is 0 Å². The van der Waals surface area contributed by atoms with E-state index in [2.05, 4.69) is 101 Å². The normalized spacial score (nSPS) is 11.2. The topological polar surface area (TPSA) is 25.2 Å². The van der Waals surface area contributed by atoms with Crippen LogP contribution in [0.2, 0.25) is 0 Å². The van der Waals surface area contributed by atoms with Gasteiger partial charge >= 0.3 is 0 Å². The van der Waals surface area contributed by atoms with Gasteiger partial charge in [0.25, 0.3) is 0 Å². The number of benzene rings is 3. The second-order valence-corrected chi connectivity index (χ2v) is 8.58. The molecule has 0 aliphatic rings. The van der Waals surface area contributed by atoms with Gasteiger partial charge in [0.1, 0.15) is 0 Å². The molecule has 0 aliphatic carbocycles. The zero-order valence-corrected chi connectivity index (χ0v) is 16.4. The first-order valence-corrected chi connectivity index (χ1v) is 10.6. The first kappa shape index (κ1) is 18.3. The summed E-state index contributed by atoms with van der Waals surface area (Å²) < 4.78 is 0. The Balaban J connectivity index is 1.71. The summed E-state index contributed by atoms with van der Waals surface area (Å²) in [5.74, 6) is 0. The molecule has 3 aromatic carbocycles. The van der Waals surface area contributed by atoms with Crippen LogP contribution < -0.4 is 15.9 Å². The molecule has 0 spiro atoms. The molecule has 1 aromatic heterocycles. The number of hydrogen-bond donors (Lipinski definition) is 0. The van der Waals surface area contributed by atoms with Crippen molar-refractivity contribution in [1.29, 1.82) is 0 Å². The maximum absolute atomic E-state index is 4.69. The van der Waals surface area contributed by atoms with Crippen molar-refractivity contribution < 1.29 is 0 Å². The van der Waals surface area contributed by atoms with Crippen LogP contribution in [0.15, 0.2) is 114 Å². The van der Waals surface area contributed by atoms with Gasteiger partial charge in [-0.1, -0.05) is 91.0 Å². The largest absolute Gasteiger partial charge is 0.288 e. The summed E-state index contributed by atoms with van der Waals surface area (Å²) in [6.07, 6.45) is 5.66. The van der Waals surface area contributed by atoms with Gasteiger partial charge in [-0.3, -0.25) is 9.98 Å². The van der Waals surface area contributed by atoms with Gasteiger partial charge in [0.2, 0.25) is 0 Å². The Morgan fingerprint density at radius 1 is 0.714 bits per heavy atom. The summed E-state index contributed by atoms with van der Waals surface area (Å²) in [5.41, 5.74) is 2.29. The minimum Gasteiger partial charge on any atom is -0.288 e. The molecular weight excluding hydrogens is 359 g/mol. The third-order valence-electron chi connectivity index (χ3n) is 4.43. The minimum atomic E-state index is -0.641. The minimum absolute atomic E-state index is 0.636. The van der Waals surface area contributed by atoms with E-state index in [1.807, 2.05) is 18.5 Å². The second-order valence-electron chi connectivity index (χ2n) is 6.40. The molecule has 0 aliphatic heterocycles. The highest BCUT2D eigenvalue weighted by Crippen LogP contribution is 2.33. The molecule has 0 amide bonds.